The van der Waals surface area contributed by atoms with Crippen molar-refractivity contribution in [3.8, 4) is 11.5 Å². The molecule has 0 aliphatic carbocycles. The zero-order valence-electron chi connectivity index (χ0n) is 26.0. The van der Waals surface area contributed by atoms with Crippen molar-refractivity contribution in [2.75, 3.05) is 32.1 Å². The highest BCUT2D eigenvalue weighted by Crippen LogP contribution is 2.48. The van der Waals surface area contributed by atoms with Gasteiger partial charge >= 0.3 is 12.1 Å². The van der Waals surface area contributed by atoms with Crippen LogP contribution in [0.5, 0.6) is 11.5 Å². The number of ether oxygens (including phenoxy) is 4. The van der Waals surface area contributed by atoms with Crippen LogP contribution in [-0.4, -0.2) is 56.2 Å². The van der Waals surface area contributed by atoms with Crippen LogP contribution in [0.3, 0.4) is 0 Å². The summed E-state index contributed by atoms with van der Waals surface area (Å²) in [5, 5.41) is -0.566. The first-order valence-corrected chi connectivity index (χ1v) is 15.7. The van der Waals surface area contributed by atoms with Gasteiger partial charge in [0.1, 0.15) is 24.7 Å². The summed E-state index contributed by atoms with van der Waals surface area (Å²) >= 11 is 1.42. The Balaban J connectivity index is 1.43. The summed E-state index contributed by atoms with van der Waals surface area (Å²) in [5.41, 5.74) is 3.31. The van der Waals surface area contributed by atoms with Gasteiger partial charge in [-0.05, 0) is 47.0 Å². The van der Waals surface area contributed by atoms with Crippen LogP contribution in [0, 0.1) is 0 Å². The lowest BCUT2D eigenvalue weighted by Crippen LogP contribution is -2.46. The highest BCUT2D eigenvalue weighted by Gasteiger charge is 2.41. The zero-order chi connectivity index (χ0) is 32.5. The molecule has 0 saturated heterocycles. The lowest BCUT2D eigenvalue weighted by Gasteiger charge is -2.29. The van der Waals surface area contributed by atoms with Gasteiger partial charge in [0.15, 0.2) is 6.10 Å². The predicted octanol–water partition coefficient (Wildman–Crippen LogP) is 6.65. The SMILES string of the molecule is COc1ccc([C@H]2Sc3cc(OCc4ccccc4)ccc3N(CCN(C)C(=O)OCc3ccccc3)C(=O)[C@H]2OC(C)=O)cc1. The van der Waals surface area contributed by atoms with Crippen LogP contribution in [0.2, 0.25) is 0 Å². The summed E-state index contributed by atoms with van der Waals surface area (Å²) in [4.78, 5) is 43.2. The quantitative estimate of drug-likeness (QED) is 0.168. The first-order chi connectivity index (χ1) is 22.3. The summed E-state index contributed by atoms with van der Waals surface area (Å²) in [5.74, 6) is 0.324. The van der Waals surface area contributed by atoms with E-state index in [2.05, 4.69) is 0 Å². The number of anilines is 1. The Morgan fingerprint density at radius 1 is 0.848 bits per heavy atom. The van der Waals surface area contributed by atoms with Crippen molar-refractivity contribution in [2.24, 2.45) is 0 Å². The summed E-state index contributed by atoms with van der Waals surface area (Å²) in [6.07, 6.45) is -1.65. The molecule has 0 aromatic heterocycles. The van der Waals surface area contributed by atoms with E-state index in [-0.39, 0.29) is 19.7 Å². The van der Waals surface area contributed by atoms with Crippen LogP contribution >= 0.6 is 11.8 Å². The molecule has 238 valence electrons. The molecule has 0 fully saturated rings. The third-order valence-corrected chi connectivity index (χ3v) is 8.78. The van der Waals surface area contributed by atoms with Gasteiger partial charge in [0.2, 0.25) is 0 Å². The van der Waals surface area contributed by atoms with E-state index in [4.69, 9.17) is 18.9 Å². The van der Waals surface area contributed by atoms with E-state index in [1.807, 2.05) is 103 Å². The summed E-state index contributed by atoms with van der Waals surface area (Å²) < 4.78 is 22.7. The van der Waals surface area contributed by atoms with Crippen LogP contribution < -0.4 is 14.4 Å². The van der Waals surface area contributed by atoms with E-state index in [1.54, 1.807) is 19.1 Å². The largest absolute Gasteiger partial charge is 0.497 e. The minimum Gasteiger partial charge on any atom is -0.497 e. The molecule has 10 heteroatoms. The molecule has 0 radical (unpaired) electrons. The molecular formula is C36H36N2O7S. The van der Waals surface area contributed by atoms with Crippen LogP contribution in [0.4, 0.5) is 10.5 Å². The van der Waals surface area contributed by atoms with Crippen LogP contribution in [-0.2, 0) is 32.3 Å². The number of hydrogen-bond donors (Lipinski definition) is 0. The molecule has 9 nitrogen and oxygen atoms in total. The van der Waals surface area contributed by atoms with Gasteiger partial charge in [0.05, 0.1) is 18.0 Å². The van der Waals surface area contributed by atoms with Crippen LogP contribution in [0.1, 0.15) is 28.9 Å². The third kappa shape index (κ3) is 8.19. The molecule has 2 amide bonds. The number of carbonyl (C=O) groups excluding carboxylic acids is 3. The number of esters is 1. The predicted molar refractivity (Wildman–Crippen MR) is 176 cm³/mol. The average Bonchev–Trinajstić information content (AvgIpc) is 3.19. The zero-order valence-corrected chi connectivity index (χ0v) is 26.8. The highest BCUT2D eigenvalue weighted by molar-refractivity contribution is 7.99. The van der Waals surface area contributed by atoms with E-state index < -0.39 is 29.3 Å². The number of benzene rings is 4. The van der Waals surface area contributed by atoms with E-state index >= 15 is 0 Å². The Morgan fingerprint density at radius 2 is 1.48 bits per heavy atom. The van der Waals surface area contributed by atoms with Crippen molar-refractivity contribution < 1.29 is 33.3 Å². The second-order valence-corrected chi connectivity index (χ2v) is 11.9. The normalized spacial score (nSPS) is 15.7. The number of methoxy groups -OCH3 is 1. The lowest BCUT2D eigenvalue weighted by molar-refractivity contribution is -0.152. The maximum atomic E-state index is 14.3. The molecule has 4 aromatic carbocycles. The van der Waals surface area contributed by atoms with Crippen molar-refractivity contribution in [3.05, 3.63) is 120 Å². The third-order valence-electron chi connectivity index (χ3n) is 7.42. The Hall–Kier alpha value is -4.96. The standard InChI is InChI=1S/C36H36N2O7S/c1-25(39)45-33-34(28-14-16-29(42-3)17-15-28)46-32-22-30(43-23-26-10-6-4-7-11-26)18-19-31(32)38(35(33)40)21-20-37(2)36(41)44-24-27-12-8-5-9-13-27/h4-19,22,33-34H,20-21,23-24H2,1-3H3/t33-,34+/m0/s1. The van der Waals surface area contributed by atoms with Gasteiger partial charge in [-0.1, -0.05) is 72.8 Å². The average molecular weight is 641 g/mol. The smallest absolute Gasteiger partial charge is 0.409 e. The Morgan fingerprint density at radius 3 is 2.11 bits per heavy atom. The fraction of sp³-hybridized carbons (Fsp3) is 0.250. The summed E-state index contributed by atoms with van der Waals surface area (Å²) in [6, 6.07) is 32.1. The number of likely N-dealkylation sites (N-methyl/N-ethyl adjacent to an activating group) is 1. The molecule has 1 heterocycles. The monoisotopic (exact) mass is 640 g/mol. The van der Waals surface area contributed by atoms with Gasteiger partial charge in [0.25, 0.3) is 5.91 Å². The van der Waals surface area contributed by atoms with Gasteiger partial charge in [-0.25, -0.2) is 4.79 Å². The number of nitrogens with zero attached hydrogens (tertiary/aromatic N) is 2. The van der Waals surface area contributed by atoms with E-state index in [0.717, 1.165) is 21.6 Å². The molecule has 4 aromatic rings. The first-order valence-electron chi connectivity index (χ1n) is 14.8. The molecular weight excluding hydrogens is 604 g/mol. The molecule has 1 aliphatic heterocycles. The maximum absolute atomic E-state index is 14.3. The molecule has 0 spiro atoms. The van der Waals surface area contributed by atoms with Gasteiger partial charge in [0, 0.05) is 32.0 Å². The van der Waals surface area contributed by atoms with Crippen molar-refractivity contribution >= 4 is 35.4 Å². The van der Waals surface area contributed by atoms with Crippen LogP contribution in [0.25, 0.3) is 0 Å². The molecule has 2 atom stereocenters. The minimum absolute atomic E-state index is 0.135. The van der Waals surface area contributed by atoms with Gasteiger partial charge in [-0.3, -0.25) is 9.59 Å². The fourth-order valence-corrected chi connectivity index (χ4v) is 6.32. The van der Waals surface area contributed by atoms with Crippen molar-refractivity contribution in [1.29, 1.82) is 0 Å². The Labute approximate surface area is 273 Å². The van der Waals surface area contributed by atoms with Crippen molar-refractivity contribution in [2.45, 2.75) is 36.4 Å². The first kappa shape index (κ1) is 32.4. The van der Waals surface area contributed by atoms with Crippen molar-refractivity contribution in [1.82, 2.24) is 4.90 Å². The molecule has 0 saturated carbocycles. The fourth-order valence-electron chi connectivity index (χ4n) is 4.97. The molecule has 0 unspecified atom stereocenters. The van der Waals surface area contributed by atoms with Gasteiger partial charge in [-0.15, -0.1) is 11.8 Å². The number of rotatable bonds is 11. The van der Waals surface area contributed by atoms with Crippen LogP contribution in [0.15, 0.2) is 108 Å². The minimum atomic E-state index is -1.13. The lowest BCUT2D eigenvalue weighted by atomic mass is 10.1. The number of fused-ring (bicyclic) bond motifs is 1. The van der Waals surface area contributed by atoms with Crippen molar-refractivity contribution in [3.63, 3.8) is 0 Å². The number of hydrogen-bond acceptors (Lipinski definition) is 8. The second-order valence-electron chi connectivity index (χ2n) is 10.7. The summed E-state index contributed by atoms with van der Waals surface area (Å²) in [6.45, 7) is 2.12. The molecule has 5 rings (SSSR count). The maximum Gasteiger partial charge on any atom is 0.409 e. The second kappa shape index (κ2) is 15.4. The Bertz CT molecular complexity index is 1630. The molecule has 1 aliphatic rings. The van der Waals surface area contributed by atoms with Gasteiger partial charge < -0.3 is 28.7 Å². The number of amides is 2. The van der Waals surface area contributed by atoms with E-state index in [0.29, 0.717) is 23.8 Å². The number of carbonyl (C=O) groups is 3. The molecule has 0 N–H and O–H groups in total. The number of thioether (sulfide) groups is 1. The summed E-state index contributed by atoms with van der Waals surface area (Å²) in [7, 11) is 3.20. The van der Waals surface area contributed by atoms with E-state index in [9.17, 15) is 14.4 Å². The van der Waals surface area contributed by atoms with Gasteiger partial charge in [-0.2, -0.15) is 0 Å². The Kier molecular flexibility index (Phi) is 10.8. The molecule has 0 bridgehead atoms. The van der Waals surface area contributed by atoms with E-state index in [1.165, 1.54) is 23.6 Å². The highest BCUT2D eigenvalue weighted by atomic mass is 32.2. The molecule has 46 heavy (non-hydrogen) atoms. The topological polar surface area (TPSA) is 94.6 Å².